The lowest BCUT2D eigenvalue weighted by Gasteiger charge is -2.19. The van der Waals surface area contributed by atoms with Gasteiger partial charge in [0.25, 0.3) is 0 Å². The molecule has 1 aliphatic heterocycles. The first-order valence-electron chi connectivity index (χ1n) is 9.05. The fourth-order valence-electron chi connectivity index (χ4n) is 3.59. The summed E-state index contributed by atoms with van der Waals surface area (Å²) in [7, 11) is -3.72. The molecule has 0 radical (unpaired) electrons. The molecule has 4 rings (SSSR count). The zero-order valence-corrected chi connectivity index (χ0v) is 16.2. The Morgan fingerprint density at radius 2 is 1.96 bits per heavy atom. The van der Waals surface area contributed by atoms with E-state index in [0.717, 1.165) is 11.1 Å². The van der Waals surface area contributed by atoms with Crippen molar-refractivity contribution in [1.29, 1.82) is 0 Å². The summed E-state index contributed by atoms with van der Waals surface area (Å²) in [4.78, 5) is 18.5. The molecule has 0 unspecified atom stereocenters. The standard InChI is InChI=1S/C20H21N3O4S/c1-13-8-20(24)22-18-3-2-16(10-17(13)18)28(25,26)23-19-12-27-11-15(19)9-14-4-6-21-7-5-14/h2-8,10,15,19,23H,9,11-12H2,1H3,(H,22,24)/t15-,19+/m1/s1. The number of sulfonamides is 1. The molecular weight excluding hydrogens is 378 g/mol. The van der Waals surface area contributed by atoms with Crippen molar-refractivity contribution in [2.24, 2.45) is 5.92 Å². The third-order valence-electron chi connectivity index (χ3n) is 5.08. The van der Waals surface area contributed by atoms with E-state index >= 15 is 0 Å². The van der Waals surface area contributed by atoms with Crippen LogP contribution in [0, 0.1) is 12.8 Å². The summed E-state index contributed by atoms with van der Waals surface area (Å²) < 4.78 is 34.3. The predicted molar refractivity (Wildman–Crippen MR) is 106 cm³/mol. The normalized spacial score (nSPS) is 19.9. The van der Waals surface area contributed by atoms with E-state index in [1.54, 1.807) is 31.5 Å². The summed E-state index contributed by atoms with van der Waals surface area (Å²) in [6.07, 6.45) is 4.17. The Kier molecular flexibility index (Phi) is 5.01. The van der Waals surface area contributed by atoms with Gasteiger partial charge in [0.1, 0.15) is 0 Å². The monoisotopic (exact) mass is 399 g/mol. The number of rotatable bonds is 5. The highest BCUT2D eigenvalue weighted by atomic mass is 32.2. The van der Waals surface area contributed by atoms with Gasteiger partial charge in [-0.2, -0.15) is 0 Å². The molecular formula is C20H21N3O4S. The first-order valence-corrected chi connectivity index (χ1v) is 10.5. The number of hydrogen-bond donors (Lipinski definition) is 2. The van der Waals surface area contributed by atoms with Crippen LogP contribution in [0.4, 0.5) is 0 Å². The molecule has 8 heteroatoms. The third-order valence-corrected chi connectivity index (χ3v) is 6.57. The molecule has 2 N–H and O–H groups in total. The molecule has 2 atom stereocenters. The average molecular weight is 399 g/mol. The van der Waals surface area contributed by atoms with Gasteiger partial charge in [0, 0.05) is 35.3 Å². The van der Waals surface area contributed by atoms with E-state index in [0.29, 0.717) is 30.5 Å². The summed E-state index contributed by atoms with van der Waals surface area (Å²) in [6.45, 7) is 2.64. The van der Waals surface area contributed by atoms with Gasteiger partial charge in [-0.1, -0.05) is 0 Å². The molecule has 3 aromatic rings. The van der Waals surface area contributed by atoms with Crippen molar-refractivity contribution in [3.05, 3.63) is 70.3 Å². The van der Waals surface area contributed by atoms with E-state index in [1.165, 1.54) is 12.1 Å². The van der Waals surface area contributed by atoms with Crippen LogP contribution in [-0.2, 0) is 21.2 Å². The topological polar surface area (TPSA) is 101 Å². The van der Waals surface area contributed by atoms with E-state index < -0.39 is 10.0 Å². The van der Waals surface area contributed by atoms with Crippen molar-refractivity contribution in [3.8, 4) is 0 Å². The van der Waals surface area contributed by atoms with Crippen LogP contribution in [0.2, 0.25) is 0 Å². The summed E-state index contributed by atoms with van der Waals surface area (Å²) in [5, 5.41) is 0.707. The molecule has 1 fully saturated rings. The molecule has 1 aromatic carbocycles. The second-order valence-electron chi connectivity index (χ2n) is 7.11. The maximum Gasteiger partial charge on any atom is 0.248 e. The van der Waals surface area contributed by atoms with E-state index in [2.05, 4.69) is 14.7 Å². The number of benzene rings is 1. The van der Waals surface area contributed by atoms with Crippen LogP contribution in [0.15, 0.2) is 58.5 Å². The minimum absolute atomic E-state index is 0.0516. The summed E-state index contributed by atoms with van der Waals surface area (Å²) in [5.74, 6) is 0.0516. The van der Waals surface area contributed by atoms with Gasteiger partial charge in [-0.05, 0) is 54.8 Å². The molecule has 28 heavy (non-hydrogen) atoms. The number of nitrogens with one attached hydrogen (secondary N) is 2. The number of fused-ring (bicyclic) bond motifs is 1. The van der Waals surface area contributed by atoms with Crippen LogP contribution in [0.5, 0.6) is 0 Å². The highest BCUT2D eigenvalue weighted by Crippen LogP contribution is 2.23. The van der Waals surface area contributed by atoms with Gasteiger partial charge in [-0.25, -0.2) is 13.1 Å². The minimum atomic E-state index is -3.72. The van der Waals surface area contributed by atoms with Gasteiger partial charge < -0.3 is 9.72 Å². The van der Waals surface area contributed by atoms with E-state index in [4.69, 9.17) is 4.74 Å². The Balaban J connectivity index is 1.58. The predicted octanol–water partition coefficient (Wildman–Crippen LogP) is 1.77. The lowest BCUT2D eigenvalue weighted by molar-refractivity contribution is 0.183. The van der Waals surface area contributed by atoms with Crippen LogP contribution >= 0.6 is 0 Å². The average Bonchev–Trinajstić information content (AvgIpc) is 3.08. The van der Waals surface area contributed by atoms with Crippen molar-refractivity contribution in [2.45, 2.75) is 24.3 Å². The first kappa shape index (κ1) is 18.8. The summed E-state index contributed by atoms with van der Waals surface area (Å²) in [5.41, 5.74) is 2.24. The van der Waals surface area contributed by atoms with Gasteiger partial charge in [-0.15, -0.1) is 0 Å². The molecule has 0 spiro atoms. The van der Waals surface area contributed by atoms with E-state index in [-0.39, 0.29) is 22.4 Å². The maximum atomic E-state index is 13.0. The van der Waals surface area contributed by atoms with E-state index in [9.17, 15) is 13.2 Å². The lowest BCUT2D eigenvalue weighted by Crippen LogP contribution is -2.40. The molecule has 2 aromatic heterocycles. The third kappa shape index (κ3) is 3.84. The zero-order chi connectivity index (χ0) is 19.7. The number of aromatic amines is 1. The summed E-state index contributed by atoms with van der Waals surface area (Å²) in [6, 6.07) is 9.74. The van der Waals surface area contributed by atoms with Gasteiger partial charge in [-0.3, -0.25) is 9.78 Å². The van der Waals surface area contributed by atoms with Gasteiger partial charge >= 0.3 is 0 Å². The molecule has 0 bridgehead atoms. The number of ether oxygens (including phenoxy) is 1. The molecule has 3 heterocycles. The number of aryl methyl sites for hydroxylation is 1. The number of pyridine rings is 2. The zero-order valence-electron chi connectivity index (χ0n) is 15.4. The van der Waals surface area contributed by atoms with Gasteiger partial charge in [0.2, 0.25) is 15.6 Å². The molecule has 0 amide bonds. The first-order chi connectivity index (χ1) is 13.4. The highest BCUT2D eigenvalue weighted by Gasteiger charge is 2.32. The van der Waals surface area contributed by atoms with Crippen LogP contribution in [0.25, 0.3) is 10.9 Å². The van der Waals surface area contributed by atoms with Crippen LogP contribution in [-0.4, -0.2) is 37.6 Å². The van der Waals surface area contributed by atoms with E-state index in [1.807, 2.05) is 12.1 Å². The molecule has 1 saturated heterocycles. The SMILES string of the molecule is Cc1cc(=O)[nH]c2ccc(S(=O)(=O)N[C@H]3COC[C@H]3Cc3ccncc3)cc12. The highest BCUT2D eigenvalue weighted by molar-refractivity contribution is 7.89. The maximum absolute atomic E-state index is 13.0. The Bertz CT molecular complexity index is 1160. The molecule has 0 saturated carbocycles. The van der Waals surface area contributed by atoms with Crippen molar-refractivity contribution in [3.63, 3.8) is 0 Å². The van der Waals surface area contributed by atoms with Crippen LogP contribution in [0.1, 0.15) is 11.1 Å². The largest absolute Gasteiger partial charge is 0.379 e. The van der Waals surface area contributed by atoms with Gasteiger partial charge in [0.05, 0.1) is 24.2 Å². The Morgan fingerprint density at radius 3 is 2.75 bits per heavy atom. The Hall–Kier alpha value is -2.55. The van der Waals surface area contributed by atoms with Crippen molar-refractivity contribution in [1.82, 2.24) is 14.7 Å². The summed E-state index contributed by atoms with van der Waals surface area (Å²) >= 11 is 0. The smallest absolute Gasteiger partial charge is 0.248 e. The van der Waals surface area contributed by atoms with Crippen molar-refractivity contribution < 1.29 is 13.2 Å². The second kappa shape index (κ2) is 7.46. The molecule has 7 nitrogen and oxygen atoms in total. The van der Waals surface area contributed by atoms with Crippen molar-refractivity contribution >= 4 is 20.9 Å². The minimum Gasteiger partial charge on any atom is -0.379 e. The lowest BCUT2D eigenvalue weighted by atomic mass is 9.96. The Morgan fingerprint density at radius 1 is 1.18 bits per heavy atom. The number of aromatic nitrogens is 2. The van der Waals surface area contributed by atoms with Crippen molar-refractivity contribution in [2.75, 3.05) is 13.2 Å². The number of hydrogen-bond acceptors (Lipinski definition) is 5. The fourth-order valence-corrected chi connectivity index (χ4v) is 4.90. The fraction of sp³-hybridized carbons (Fsp3) is 0.300. The molecule has 0 aliphatic carbocycles. The molecule has 1 aliphatic rings. The quantitative estimate of drug-likeness (QED) is 0.681. The molecule has 146 valence electrons. The van der Waals surface area contributed by atoms with Crippen LogP contribution < -0.4 is 10.3 Å². The second-order valence-corrected chi connectivity index (χ2v) is 8.82. The Labute approximate surface area is 162 Å². The van der Waals surface area contributed by atoms with Gasteiger partial charge in [0.15, 0.2) is 0 Å². The number of H-pyrrole nitrogens is 1. The number of nitrogens with zero attached hydrogens (tertiary/aromatic N) is 1. The van der Waals surface area contributed by atoms with Crippen LogP contribution in [0.3, 0.4) is 0 Å².